The molecule has 0 aliphatic carbocycles. The van der Waals surface area contributed by atoms with E-state index in [0.717, 1.165) is 16.7 Å². The second kappa shape index (κ2) is 10.8. The summed E-state index contributed by atoms with van der Waals surface area (Å²) in [6.45, 7) is 5.14. The van der Waals surface area contributed by atoms with Gasteiger partial charge in [-0.25, -0.2) is 4.79 Å². The molecule has 7 heteroatoms. The predicted octanol–water partition coefficient (Wildman–Crippen LogP) is 5.56. The second-order valence-electron chi connectivity index (χ2n) is 10.7. The topological polar surface area (TPSA) is 76.2 Å². The van der Waals surface area contributed by atoms with E-state index >= 15 is 0 Å². The molecule has 0 radical (unpaired) electrons. The Morgan fingerprint density at radius 2 is 1.41 bits per heavy atom. The maximum absolute atomic E-state index is 13.7. The maximum atomic E-state index is 13.7. The van der Waals surface area contributed by atoms with Gasteiger partial charge in [-0.15, -0.1) is 0 Å². The number of cyclic esters (lactones) is 1. The van der Waals surface area contributed by atoms with Crippen LogP contribution in [0.15, 0.2) is 97.1 Å². The third kappa shape index (κ3) is 5.58. The Labute approximate surface area is 228 Å². The lowest BCUT2D eigenvalue weighted by atomic mass is 9.88. The number of likely N-dealkylation sites (tertiary alicyclic amines) is 1. The van der Waals surface area contributed by atoms with Gasteiger partial charge in [0, 0.05) is 0 Å². The SMILES string of the molecule is CC(C)(C)OC(=O)CN1C(=O)[C@@H](N2C(=O)OC(c3ccccc3)C2c2ccccc2)C1/C=C/c1ccccc1. The average Bonchev–Trinajstić information content (AvgIpc) is 3.26. The molecule has 7 nitrogen and oxygen atoms in total. The molecule has 2 heterocycles. The number of hydrogen-bond donors (Lipinski definition) is 0. The van der Waals surface area contributed by atoms with Crippen molar-refractivity contribution < 1.29 is 23.9 Å². The fraction of sp³-hybridized carbons (Fsp3) is 0.281. The first kappa shape index (κ1) is 26.2. The van der Waals surface area contributed by atoms with Crippen LogP contribution >= 0.6 is 0 Å². The maximum Gasteiger partial charge on any atom is 0.411 e. The molecule has 5 rings (SSSR count). The van der Waals surface area contributed by atoms with E-state index in [4.69, 9.17) is 9.47 Å². The molecule has 200 valence electrons. The predicted molar refractivity (Wildman–Crippen MR) is 147 cm³/mol. The molecule has 2 aliphatic heterocycles. The Morgan fingerprint density at radius 3 is 2.00 bits per heavy atom. The summed E-state index contributed by atoms with van der Waals surface area (Å²) in [7, 11) is 0. The number of carbonyl (C=O) groups is 3. The fourth-order valence-corrected chi connectivity index (χ4v) is 5.17. The summed E-state index contributed by atoms with van der Waals surface area (Å²) in [6, 6.07) is 26.9. The van der Waals surface area contributed by atoms with Crippen molar-refractivity contribution >= 4 is 24.0 Å². The standard InChI is InChI=1S/C32H32N2O5/c1-32(2,3)39-26(35)21-33-25(20-19-22-13-7-4-8-14-22)28(30(33)36)34-27(23-15-9-5-10-16-23)29(38-31(34)37)24-17-11-6-12-18-24/h4-20,25,27-29H,21H2,1-3H3/b20-19+/t25?,27?,28-,29?/m0/s1. The lowest BCUT2D eigenvalue weighted by Gasteiger charge is -2.49. The van der Waals surface area contributed by atoms with Gasteiger partial charge >= 0.3 is 12.1 Å². The molecule has 2 amide bonds. The zero-order valence-corrected chi connectivity index (χ0v) is 22.3. The van der Waals surface area contributed by atoms with E-state index in [1.54, 1.807) is 25.7 Å². The van der Waals surface area contributed by atoms with Gasteiger partial charge in [0.2, 0.25) is 5.91 Å². The van der Waals surface area contributed by atoms with Crippen LogP contribution in [0.4, 0.5) is 4.79 Å². The summed E-state index contributed by atoms with van der Waals surface area (Å²) in [6.07, 6.45) is 2.62. The molecule has 2 aliphatic rings. The minimum Gasteiger partial charge on any atom is -0.459 e. The quantitative estimate of drug-likeness (QED) is 0.299. The van der Waals surface area contributed by atoms with Crippen LogP contribution in [-0.2, 0) is 19.1 Å². The van der Waals surface area contributed by atoms with Crippen molar-refractivity contribution in [2.24, 2.45) is 0 Å². The highest BCUT2D eigenvalue weighted by Crippen LogP contribution is 2.47. The number of carbonyl (C=O) groups excluding carboxylic acids is 3. The van der Waals surface area contributed by atoms with Crippen LogP contribution in [0.25, 0.3) is 6.08 Å². The monoisotopic (exact) mass is 524 g/mol. The highest BCUT2D eigenvalue weighted by molar-refractivity contribution is 5.96. The van der Waals surface area contributed by atoms with Gasteiger partial charge in [0.1, 0.15) is 24.2 Å². The molecule has 3 unspecified atom stereocenters. The highest BCUT2D eigenvalue weighted by Gasteiger charge is 2.58. The lowest BCUT2D eigenvalue weighted by Crippen LogP contribution is -2.71. The van der Waals surface area contributed by atoms with Crippen LogP contribution in [0.1, 0.15) is 49.6 Å². The largest absolute Gasteiger partial charge is 0.459 e. The summed E-state index contributed by atoms with van der Waals surface area (Å²) in [4.78, 5) is 42.8. The first-order chi connectivity index (χ1) is 18.7. The average molecular weight is 525 g/mol. The number of rotatable bonds is 7. The molecular weight excluding hydrogens is 492 g/mol. The number of nitrogens with zero attached hydrogens (tertiary/aromatic N) is 2. The van der Waals surface area contributed by atoms with Crippen LogP contribution in [0.5, 0.6) is 0 Å². The van der Waals surface area contributed by atoms with Gasteiger partial charge in [0.15, 0.2) is 6.10 Å². The number of ether oxygens (including phenoxy) is 2. The Bertz CT molecular complexity index is 1350. The van der Waals surface area contributed by atoms with Gasteiger partial charge in [0.05, 0.1) is 6.04 Å². The molecule has 0 N–H and O–H groups in total. The van der Waals surface area contributed by atoms with Gasteiger partial charge in [-0.3, -0.25) is 14.5 Å². The minimum absolute atomic E-state index is 0.211. The summed E-state index contributed by atoms with van der Waals surface area (Å²) >= 11 is 0. The van der Waals surface area contributed by atoms with E-state index in [1.165, 1.54) is 4.90 Å². The first-order valence-corrected chi connectivity index (χ1v) is 13.1. The number of β-lactam (4-membered cyclic amide) rings is 1. The summed E-state index contributed by atoms with van der Waals surface area (Å²) < 4.78 is 11.4. The highest BCUT2D eigenvalue weighted by atomic mass is 16.6. The first-order valence-electron chi connectivity index (χ1n) is 13.1. The van der Waals surface area contributed by atoms with Gasteiger partial charge in [-0.1, -0.05) is 103 Å². The Morgan fingerprint density at radius 1 is 0.846 bits per heavy atom. The second-order valence-corrected chi connectivity index (χ2v) is 10.7. The lowest BCUT2D eigenvalue weighted by molar-refractivity contribution is -0.168. The number of hydrogen-bond acceptors (Lipinski definition) is 5. The molecule has 0 saturated carbocycles. The normalized spacial score (nSPS) is 23.1. The van der Waals surface area contributed by atoms with Crippen molar-refractivity contribution in [1.82, 2.24) is 9.80 Å². The van der Waals surface area contributed by atoms with E-state index in [9.17, 15) is 14.4 Å². The van der Waals surface area contributed by atoms with Crippen molar-refractivity contribution in [3.8, 4) is 0 Å². The van der Waals surface area contributed by atoms with E-state index in [2.05, 4.69) is 0 Å². The molecule has 0 bridgehead atoms. The van der Waals surface area contributed by atoms with Crippen LogP contribution < -0.4 is 0 Å². The van der Waals surface area contributed by atoms with Crippen LogP contribution in [0.2, 0.25) is 0 Å². The summed E-state index contributed by atoms with van der Waals surface area (Å²) in [5.74, 6) is -0.826. The summed E-state index contributed by atoms with van der Waals surface area (Å²) in [5, 5.41) is 0. The van der Waals surface area contributed by atoms with Crippen molar-refractivity contribution in [2.75, 3.05) is 6.54 Å². The smallest absolute Gasteiger partial charge is 0.411 e. The van der Waals surface area contributed by atoms with E-state index < -0.39 is 41.9 Å². The molecule has 39 heavy (non-hydrogen) atoms. The third-order valence-electron chi connectivity index (χ3n) is 6.82. The Balaban J connectivity index is 1.51. The molecule has 2 fully saturated rings. The molecule has 0 spiro atoms. The van der Waals surface area contributed by atoms with Crippen molar-refractivity contribution in [2.45, 2.75) is 50.6 Å². The molecule has 2 saturated heterocycles. The Kier molecular flexibility index (Phi) is 7.24. The molecule has 4 atom stereocenters. The van der Waals surface area contributed by atoms with Crippen molar-refractivity contribution in [3.05, 3.63) is 114 Å². The van der Waals surface area contributed by atoms with E-state index in [-0.39, 0.29) is 12.5 Å². The van der Waals surface area contributed by atoms with Gasteiger partial charge in [0.25, 0.3) is 0 Å². The number of esters is 1. The zero-order chi connectivity index (χ0) is 27.6. The number of amides is 2. The Hall–Kier alpha value is -4.39. The molecule has 3 aromatic carbocycles. The van der Waals surface area contributed by atoms with Crippen LogP contribution in [0, 0.1) is 0 Å². The number of benzene rings is 3. The van der Waals surface area contributed by atoms with Crippen LogP contribution in [0.3, 0.4) is 0 Å². The third-order valence-corrected chi connectivity index (χ3v) is 6.82. The minimum atomic E-state index is -0.834. The van der Waals surface area contributed by atoms with Crippen molar-refractivity contribution in [1.29, 1.82) is 0 Å². The van der Waals surface area contributed by atoms with Crippen molar-refractivity contribution in [3.63, 3.8) is 0 Å². The van der Waals surface area contributed by atoms with Gasteiger partial charge < -0.3 is 14.4 Å². The molecule has 0 aromatic heterocycles. The fourth-order valence-electron chi connectivity index (χ4n) is 5.17. The summed E-state index contributed by atoms with van der Waals surface area (Å²) in [5.41, 5.74) is 1.97. The molecular formula is C32H32N2O5. The van der Waals surface area contributed by atoms with Gasteiger partial charge in [-0.2, -0.15) is 0 Å². The van der Waals surface area contributed by atoms with Gasteiger partial charge in [-0.05, 0) is 37.5 Å². The molecule has 3 aromatic rings. The van der Waals surface area contributed by atoms with E-state index in [1.807, 2.05) is 103 Å². The van der Waals surface area contributed by atoms with Crippen LogP contribution in [-0.4, -0.2) is 52.0 Å². The van der Waals surface area contributed by atoms with E-state index in [0.29, 0.717) is 0 Å². The zero-order valence-electron chi connectivity index (χ0n) is 22.3.